The quantitative estimate of drug-likeness (QED) is 0.558. The van der Waals surface area contributed by atoms with Crippen molar-refractivity contribution in [2.24, 2.45) is 0 Å². The highest BCUT2D eigenvalue weighted by atomic mass is 32.2. The number of aryl methyl sites for hydroxylation is 1. The number of anilines is 2. The minimum Gasteiger partial charge on any atom is -0.493 e. The van der Waals surface area contributed by atoms with Gasteiger partial charge in [0.2, 0.25) is 11.8 Å². The molecule has 35 heavy (non-hydrogen) atoms. The van der Waals surface area contributed by atoms with Gasteiger partial charge in [0.05, 0.1) is 30.1 Å². The van der Waals surface area contributed by atoms with Crippen molar-refractivity contribution in [1.82, 2.24) is 0 Å². The third-order valence-corrected chi connectivity index (χ3v) is 8.14. The molecule has 1 heterocycles. The van der Waals surface area contributed by atoms with Crippen LogP contribution in [0, 0.1) is 6.92 Å². The molecule has 1 N–H and O–H groups in total. The van der Waals surface area contributed by atoms with E-state index in [1.54, 1.807) is 48.5 Å². The summed E-state index contributed by atoms with van der Waals surface area (Å²) >= 11 is 0. The number of nitrogens with zero attached hydrogens (tertiary/aromatic N) is 1. The number of benzene rings is 3. The SMILES string of the molecule is COc1ccc([C@H]2CC(=O)N(CC(=O)Nc3ccccc3C)c3ccccc3S2(=O)=O)cc1OC. The summed E-state index contributed by atoms with van der Waals surface area (Å²) < 4.78 is 38.1. The zero-order valence-corrected chi connectivity index (χ0v) is 20.5. The maximum atomic E-state index is 13.7. The molecule has 182 valence electrons. The van der Waals surface area contributed by atoms with Gasteiger partial charge in [0.15, 0.2) is 21.3 Å². The number of fused-ring (bicyclic) bond motifs is 1. The van der Waals surface area contributed by atoms with E-state index >= 15 is 0 Å². The van der Waals surface area contributed by atoms with E-state index in [0.717, 1.165) is 5.56 Å². The molecule has 1 atom stereocenters. The molecule has 4 rings (SSSR count). The largest absolute Gasteiger partial charge is 0.493 e. The number of rotatable bonds is 6. The van der Waals surface area contributed by atoms with Crippen LogP contribution in [0.4, 0.5) is 11.4 Å². The molecule has 9 heteroatoms. The Morgan fingerprint density at radius 3 is 2.40 bits per heavy atom. The first-order valence-electron chi connectivity index (χ1n) is 11.0. The van der Waals surface area contributed by atoms with Gasteiger partial charge >= 0.3 is 0 Å². The monoisotopic (exact) mass is 494 g/mol. The second-order valence-electron chi connectivity index (χ2n) is 8.16. The van der Waals surface area contributed by atoms with Gasteiger partial charge in [-0.2, -0.15) is 0 Å². The van der Waals surface area contributed by atoms with E-state index in [2.05, 4.69) is 5.32 Å². The number of hydrogen-bond acceptors (Lipinski definition) is 6. The van der Waals surface area contributed by atoms with Gasteiger partial charge in [-0.1, -0.05) is 36.4 Å². The molecule has 1 aliphatic rings. The molecule has 0 spiro atoms. The molecule has 0 radical (unpaired) electrons. The van der Waals surface area contributed by atoms with Gasteiger partial charge in [-0.25, -0.2) is 8.42 Å². The Hall–Kier alpha value is -3.85. The Morgan fingerprint density at radius 2 is 1.69 bits per heavy atom. The van der Waals surface area contributed by atoms with Gasteiger partial charge < -0.3 is 19.7 Å². The topological polar surface area (TPSA) is 102 Å². The van der Waals surface area contributed by atoms with Crippen LogP contribution in [0.15, 0.2) is 71.6 Å². The summed E-state index contributed by atoms with van der Waals surface area (Å²) in [5.74, 6) is -0.0918. The minimum absolute atomic E-state index is 0.00525. The molecular weight excluding hydrogens is 468 g/mol. The number of carbonyl (C=O) groups excluding carboxylic acids is 2. The Balaban J connectivity index is 1.72. The normalized spacial score (nSPS) is 16.7. The number of sulfone groups is 1. The maximum Gasteiger partial charge on any atom is 0.244 e. The second-order valence-corrected chi connectivity index (χ2v) is 10.3. The fourth-order valence-electron chi connectivity index (χ4n) is 4.16. The number of nitrogens with one attached hydrogen (secondary N) is 1. The number of amides is 2. The standard InChI is InChI=1S/C26H26N2O6S/c1-17-8-4-5-9-19(17)27-25(29)16-28-20-10-6-7-11-23(20)35(31,32)24(15-26(28)30)18-12-13-21(33-2)22(14-18)34-3/h4-14,24H,15-16H2,1-3H3,(H,27,29)/t24-/m1/s1. The summed E-state index contributed by atoms with van der Waals surface area (Å²) in [6, 6.07) is 18.3. The highest BCUT2D eigenvalue weighted by molar-refractivity contribution is 7.92. The lowest BCUT2D eigenvalue weighted by atomic mass is 10.1. The lowest BCUT2D eigenvalue weighted by Crippen LogP contribution is -2.38. The molecule has 0 saturated heterocycles. The molecule has 0 aliphatic carbocycles. The summed E-state index contributed by atoms with van der Waals surface area (Å²) in [5.41, 5.74) is 2.08. The van der Waals surface area contributed by atoms with Crippen LogP contribution >= 0.6 is 0 Å². The summed E-state index contributed by atoms with van der Waals surface area (Å²) in [6.45, 7) is 1.54. The summed E-state index contributed by atoms with van der Waals surface area (Å²) in [7, 11) is -1.03. The molecule has 3 aromatic carbocycles. The molecule has 1 aliphatic heterocycles. The Kier molecular flexibility index (Phi) is 6.79. The first kappa shape index (κ1) is 24.3. The van der Waals surface area contributed by atoms with Crippen molar-refractivity contribution in [2.75, 3.05) is 31.0 Å². The fourth-order valence-corrected chi connectivity index (χ4v) is 6.07. The van der Waals surface area contributed by atoms with E-state index in [-0.39, 0.29) is 23.5 Å². The number of carbonyl (C=O) groups is 2. The third kappa shape index (κ3) is 4.72. The number of methoxy groups -OCH3 is 2. The van der Waals surface area contributed by atoms with Gasteiger partial charge in [0.25, 0.3) is 0 Å². The molecule has 0 saturated carbocycles. The van der Waals surface area contributed by atoms with E-state index in [1.165, 1.54) is 25.2 Å². The Morgan fingerprint density at radius 1 is 1.00 bits per heavy atom. The average molecular weight is 495 g/mol. The average Bonchev–Trinajstić information content (AvgIpc) is 2.93. The van der Waals surface area contributed by atoms with Gasteiger partial charge in [-0.05, 0) is 48.4 Å². The van der Waals surface area contributed by atoms with E-state index in [0.29, 0.717) is 22.7 Å². The zero-order valence-electron chi connectivity index (χ0n) is 19.6. The van der Waals surface area contributed by atoms with Gasteiger partial charge in [0.1, 0.15) is 6.54 Å². The molecular formula is C26H26N2O6S. The highest BCUT2D eigenvalue weighted by Gasteiger charge is 2.40. The number of para-hydroxylation sites is 2. The van der Waals surface area contributed by atoms with Crippen molar-refractivity contribution >= 4 is 33.0 Å². The predicted octanol–water partition coefficient (Wildman–Crippen LogP) is 3.90. The first-order chi connectivity index (χ1) is 16.8. The maximum absolute atomic E-state index is 13.7. The van der Waals surface area contributed by atoms with Crippen molar-refractivity contribution in [3.8, 4) is 11.5 Å². The summed E-state index contributed by atoms with van der Waals surface area (Å²) in [5, 5.41) is 1.66. The molecule has 0 unspecified atom stereocenters. The van der Waals surface area contributed by atoms with Gasteiger partial charge in [0, 0.05) is 12.1 Å². The predicted molar refractivity (Wildman–Crippen MR) is 133 cm³/mol. The van der Waals surface area contributed by atoms with E-state index in [4.69, 9.17) is 9.47 Å². The van der Waals surface area contributed by atoms with E-state index < -0.39 is 26.9 Å². The summed E-state index contributed by atoms with van der Waals surface area (Å²) in [6.07, 6.45) is -0.329. The van der Waals surface area contributed by atoms with Gasteiger partial charge in [-0.15, -0.1) is 0 Å². The zero-order chi connectivity index (χ0) is 25.2. The van der Waals surface area contributed by atoms with E-state index in [1.807, 2.05) is 19.1 Å². The van der Waals surface area contributed by atoms with Crippen molar-refractivity contribution in [2.45, 2.75) is 23.5 Å². The van der Waals surface area contributed by atoms with Crippen molar-refractivity contribution in [1.29, 1.82) is 0 Å². The number of hydrogen-bond donors (Lipinski definition) is 1. The van der Waals surface area contributed by atoms with Crippen molar-refractivity contribution < 1.29 is 27.5 Å². The lowest BCUT2D eigenvalue weighted by Gasteiger charge is -2.22. The first-order valence-corrected chi connectivity index (χ1v) is 12.5. The molecule has 2 amide bonds. The fraction of sp³-hybridized carbons (Fsp3) is 0.231. The Labute approximate surface area is 204 Å². The van der Waals surface area contributed by atoms with Crippen molar-refractivity contribution in [3.63, 3.8) is 0 Å². The van der Waals surface area contributed by atoms with Crippen LogP contribution in [0.3, 0.4) is 0 Å². The van der Waals surface area contributed by atoms with Crippen LogP contribution in [0.5, 0.6) is 11.5 Å². The number of ether oxygens (including phenoxy) is 2. The minimum atomic E-state index is -3.97. The summed E-state index contributed by atoms with van der Waals surface area (Å²) in [4.78, 5) is 27.5. The third-order valence-electron chi connectivity index (χ3n) is 6.00. The van der Waals surface area contributed by atoms with Crippen LogP contribution in [0.2, 0.25) is 0 Å². The van der Waals surface area contributed by atoms with Crippen LogP contribution in [0.1, 0.15) is 22.8 Å². The molecule has 0 bridgehead atoms. The second kappa shape index (κ2) is 9.79. The Bertz CT molecular complexity index is 1390. The lowest BCUT2D eigenvalue weighted by molar-refractivity contribution is -0.121. The van der Waals surface area contributed by atoms with Crippen LogP contribution in [0.25, 0.3) is 0 Å². The molecule has 3 aromatic rings. The van der Waals surface area contributed by atoms with Crippen LogP contribution < -0.4 is 19.7 Å². The highest BCUT2D eigenvalue weighted by Crippen LogP contribution is 2.42. The van der Waals surface area contributed by atoms with Crippen LogP contribution in [-0.2, 0) is 19.4 Å². The molecule has 8 nitrogen and oxygen atoms in total. The van der Waals surface area contributed by atoms with Crippen LogP contribution in [-0.4, -0.2) is 41.0 Å². The van der Waals surface area contributed by atoms with Gasteiger partial charge in [-0.3, -0.25) is 9.59 Å². The van der Waals surface area contributed by atoms with E-state index in [9.17, 15) is 18.0 Å². The molecule has 0 fully saturated rings. The van der Waals surface area contributed by atoms with Crippen molar-refractivity contribution in [3.05, 3.63) is 77.9 Å². The smallest absolute Gasteiger partial charge is 0.244 e. The molecule has 0 aromatic heterocycles.